The van der Waals surface area contributed by atoms with Crippen LogP contribution in [0.15, 0.2) is 30.5 Å². The van der Waals surface area contributed by atoms with Gasteiger partial charge < -0.3 is 10.6 Å². The lowest BCUT2D eigenvalue weighted by Crippen LogP contribution is -2.34. The second kappa shape index (κ2) is 4.95. The van der Waals surface area contributed by atoms with Gasteiger partial charge in [-0.15, -0.1) is 0 Å². The Morgan fingerprint density at radius 1 is 1.26 bits per heavy atom. The number of pyridine rings is 1. The quantitative estimate of drug-likeness (QED) is 0.870. The Bertz CT molecular complexity index is 581. The largest absolute Gasteiger partial charge is 0.405 e. The maximum absolute atomic E-state index is 12.6. The lowest BCUT2D eigenvalue weighted by atomic mass is 10.1. The van der Waals surface area contributed by atoms with Gasteiger partial charge in [-0.05, 0) is 31.2 Å². The first kappa shape index (κ1) is 13.5. The van der Waals surface area contributed by atoms with Crippen molar-refractivity contribution in [3.63, 3.8) is 0 Å². The molecule has 2 N–H and O–H groups in total. The molecule has 0 spiro atoms. The molecule has 0 radical (unpaired) electrons. The zero-order chi connectivity index (χ0) is 14.0. The SMILES string of the molecule is CCN(CC(F)(F)F)c1ccnc2cc(N)ccc12. The molecule has 0 saturated carbocycles. The molecule has 0 amide bonds. The number of hydrogen-bond donors (Lipinski definition) is 1. The molecular weight excluding hydrogens is 255 g/mol. The minimum absolute atomic E-state index is 0.267. The zero-order valence-electron chi connectivity index (χ0n) is 10.4. The molecule has 1 heterocycles. The number of benzene rings is 1. The van der Waals surface area contributed by atoms with Crippen LogP contribution >= 0.6 is 0 Å². The van der Waals surface area contributed by atoms with E-state index in [-0.39, 0.29) is 6.54 Å². The average Bonchev–Trinajstić information content (AvgIpc) is 2.34. The molecule has 0 unspecified atom stereocenters. The van der Waals surface area contributed by atoms with Crippen LogP contribution in [0.1, 0.15) is 6.92 Å². The minimum Gasteiger partial charge on any atom is -0.399 e. The van der Waals surface area contributed by atoms with E-state index in [1.165, 1.54) is 11.1 Å². The molecule has 0 aliphatic carbocycles. The van der Waals surface area contributed by atoms with Crippen molar-refractivity contribution >= 4 is 22.3 Å². The van der Waals surface area contributed by atoms with Crippen LogP contribution in [0.4, 0.5) is 24.5 Å². The van der Waals surface area contributed by atoms with E-state index in [2.05, 4.69) is 4.98 Å². The Labute approximate surface area is 108 Å². The number of rotatable bonds is 3. The van der Waals surface area contributed by atoms with Crippen molar-refractivity contribution in [2.24, 2.45) is 0 Å². The van der Waals surface area contributed by atoms with E-state index < -0.39 is 12.7 Å². The molecule has 0 atom stereocenters. The van der Waals surface area contributed by atoms with Gasteiger partial charge in [-0.25, -0.2) is 0 Å². The third kappa shape index (κ3) is 3.07. The molecule has 6 heteroatoms. The number of nitrogens with zero attached hydrogens (tertiary/aromatic N) is 2. The fraction of sp³-hybridized carbons (Fsp3) is 0.308. The number of fused-ring (bicyclic) bond motifs is 1. The molecule has 1 aromatic heterocycles. The zero-order valence-corrected chi connectivity index (χ0v) is 10.4. The van der Waals surface area contributed by atoms with Crippen LogP contribution in [0.2, 0.25) is 0 Å². The van der Waals surface area contributed by atoms with Gasteiger partial charge in [0.2, 0.25) is 0 Å². The number of hydrogen-bond acceptors (Lipinski definition) is 3. The van der Waals surface area contributed by atoms with Gasteiger partial charge >= 0.3 is 6.18 Å². The molecule has 2 rings (SSSR count). The molecule has 0 saturated heterocycles. The molecular formula is C13H14F3N3. The van der Waals surface area contributed by atoms with E-state index in [0.717, 1.165) is 0 Å². The Morgan fingerprint density at radius 2 is 2.00 bits per heavy atom. The highest BCUT2D eigenvalue weighted by Gasteiger charge is 2.30. The third-order valence-corrected chi connectivity index (χ3v) is 2.84. The molecule has 0 aliphatic heterocycles. The fourth-order valence-corrected chi connectivity index (χ4v) is 2.01. The summed E-state index contributed by atoms with van der Waals surface area (Å²) >= 11 is 0. The van der Waals surface area contributed by atoms with Gasteiger partial charge in [0, 0.05) is 29.5 Å². The smallest absolute Gasteiger partial charge is 0.399 e. The van der Waals surface area contributed by atoms with E-state index >= 15 is 0 Å². The van der Waals surface area contributed by atoms with E-state index in [4.69, 9.17) is 5.73 Å². The number of alkyl halides is 3. The number of anilines is 2. The molecule has 2 aromatic rings. The number of halogens is 3. The van der Waals surface area contributed by atoms with Crippen LogP contribution in [0.3, 0.4) is 0 Å². The average molecular weight is 269 g/mol. The van der Waals surface area contributed by atoms with Crippen molar-refractivity contribution in [2.75, 3.05) is 23.7 Å². The van der Waals surface area contributed by atoms with E-state index in [1.807, 2.05) is 0 Å². The Kier molecular flexibility index (Phi) is 3.50. The first-order valence-corrected chi connectivity index (χ1v) is 5.86. The fourth-order valence-electron chi connectivity index (χ4n) is 2.01. The predicted octanol–water partition coefficient (Wildman–Crippen LogP) is 3.21. The van der Waals surface area contributed by atoms with Gasteiger partial charge in [0.1, 0.15) is 6.54 Å². The molecule has 0 fully saturated rings. The highest BCUT2D eigenvalue weighted by molar-refractivity contribution is 5.93. The van der Waals surface area contributed by atoms with Crippen molar-refractivity contribution in [1.29, 1.82) is 0 Å². The van der Waals surface area contributed by atoms with Crippen LogP contribution in [0.25, 0.3) is 10.9 Å². The van der Waals surface area contributed by atoms with Crippen molar-refractivity contribution in [2.45, 2.75) is 13.1 Å². The first-order valence-electron chi connectivity index (χ1n) is 5.86. The summed E-state index contributed by atoms with van der Waals surface area (Å²) in [5, 5.41) is 0.669. The minimum atomic E-state index is -4.24. The standard InChI is InChI=1S/C13H14F3N3/c1-2-19(8-13(14,15)16)12-5-6-18-11-7-9(17)3-4-10(11)12/h3-7H,2,8,17H2,1H3. The number of nitrogen functional groups attached to an aromatic ring is 1. The number of nitrogens with two attached hydrogens (primary N) is 1. The van der Waals surface area contributed by atoms with Gasteiger partial charge in [-0.3, -0.25) is 4.98 Å². The van der Waals surface area contributed by atoms with Crippen molar-refractivity contribution in [3.8, 4) is 0 Å². The van der Waals surface area contributed by atoms with Gasteiger partial charge in [-0.1, -0.05) is 0 Å². The maximum atomic E-state index is 12.6. The van der Waals surface area contributed by atoms with Gasteiger partial charge in [0.25, 0.3) is 0 Å². The summed E-state index contributed by atoms with van der Waals surface area (Å²) in [6, 6.07) is 6.61. The second-order valence-electron chi connectivity index (χ2n) is 4.24. The summed E-state index contributed by atoms with van der Waals surface area (Å²) < 4.78 is 37.7. The van der Waals surface area contributed by atoms with Crippen molar-refractivity contribution in [3.05, 3.63) is 30.5 Å². The summed E-state index contributed by atoms with van der Waals surface area (Å²) in [4.78, 5) is 5.41. The van der Waals surface area contributed by atoms with Crippen LogP contribution in [-0.2, 0) is 0 Å². The summed E-state index contributed by atoms with van der Waals surface area (Å²) in [6.45, 7) is 0.977. The molecule has 0 bridgehead atoms. The third-order valence-electron chi connectivity index (χ3n) is 2.84. The second-order valence-corrected chi connectivity index (χ2v) is 4.24. The Hall–Kier alpha value is -1.98. The maximum Gasteiger partial charge on any atom is 0.405 e. The van der Waals surface area contributed by atoms with Crippen molar-refractivity contribution < 1.29 is 13.2 Å². The lowest BCUT2D eigenvalue weighted by molar-refractivity contribution is -0.119. The summed E-state index contributed by atoms with van der Waals surface area (Å²) in [5.74, 6) is 0. The summed E-state index contributed by atoms with van der Waals surface area (Å²) in [7, 11) is 0. The normalized spacial score (nSPS) is 11.8. The van der Waals surface area contributed by atoms with Crippen LogP contribution in [0, 0.1) is 0 Å². The highest BCUT2D eigenvalue weighted by Crippen LogP contribution is 2.29. The van der Waals surface area contributed by atoms with Crippen LogP contribution < -0.4 is 10.6 Å². The van der Waals surface area contributed by atoms with E-state index in [0.29, 0.717) is 22.3 Å². The molecule has 3 nitrogen and oxygen atoms in total. The molecule has 102 valence electrons. The molecule has 1 aromatic carbocycles. The first-order chi connectivity index (χ1) is 8.90. The highest BCUT2D eigenvalue weighted by atomic mass is 19.4. The molecule has 0 aliphatic rings. The van der Waals surface area contributed by atoms with Gasteiger partial charge in [-0.2, -0.15) is 13.2 Å². The van der Waals surface area contributed by atoms with Crippen LogP contribution in [0.5, 0.6) is 0 Å². The summed E-state index contributed by atoms with van der Waals surface area (Å²) in [5.41, 5.74) is 7.30. The lowest BCUT2D eigenvalue weighted by Gasteiger charge is -2.25. The molecule has 19 heavy (non-hydrogen) atoms. The van der Waals surface area contributed by atoms with E-state index in [1.54, 1.807) is 31.2 Å². The summed E-state index contributed by atoms with van der Waals surface area (Å²) in [6.07, 6.45) is -2.74. The van der Waals surface area contributed by atoms with Gasteiger partial charge in [0.15, 0.2) is 0 Å². The van der Waals surface area contributed by atoms with Crippen molar-refractivity contribution in [1.82, 2.24) is 4.98 Å². The van der Waals surface area contributed by atoms with Gasteiger partial charge in [0.05, 0.1) is 5.52 Å². The Balaban J connectivity index is 2.48. The van der Waals surface area contributed by atoms with E-state index in [9.17, 15) is 13.2 Å². The predicted molar refractivity (Wildman–Crippen MR) is 70.1 cm³/mol. The Morgan fingerprint density at radius 3 is 2.63 bits per heavy atom. The number of aromatic nitrogens is 1. The van der Waals surface area contributed by atoms with Crippen LogP contribution in [-0.4, -0.2) is 24.2 Å². The topological polar surface area (TPSA) is 42.2 Å². The monoisotopic (exact) mass is 269 g/mol.